The molecule has 3 N–H and O–H groups in total. The monoisotopic (exact) mass is 560 g/mol. The van der Waals surface area contributed by atoms with Gasteiger partial charge < -0.3 is 11.1 Å². The van der Waals surface area contributed by atoms with Crippen LogP contribution in [0, 0.1) is 22.7 Å². The summed E-state index contributed by atoms with van der Waals surface area (Å²) in [6, 6.07) is 6.27. The maximum Gasteiger partial charge on any atom is 0.416 e. The minimum absolute atomic E-state index is 0.0733. The van der Waals surface area contributed by atoms with E-state index < -0.39 is 57.0 Å². The van der Waals surface area contributed by atoms with Gasteiger partial charge in [-0.2, -0.15) is 23.7 Å². The number of primary amides is 1. The van der Waals surface area contributed by atoms with Crippen LogP contribution in [0.4, 0.5) is 28.4 Å². The second-order valence-corrected chi connectivity index (χ2v) is 10.3. The summed E-state index contributed by atoms with van der Waals surface area (Å²) in [5, 5.41) is 21.4. The Balaban J connectivity index is 2.36. The van der Waals surface area contributed by atoms with E-state index in [0.29, 0.717) is 15.9 Å². The molecule has 39 heavy (non-hydrogen) atoms. The zero-order valence-corrected chi connectivity index (χ0v) is 21.1. The van der Waals surface area contributed by atoms with E-state index in [4.69, 9.17) is 5.73 Å². The Bertz CT molecular complexity index is 1610. The summed E-state index contributed by atoms with van der Waals surface area (Å²) in [5.41, 5.74) is 2.76. The summed E-state index contributed by atoms with van der Waals surface area (Å²) >= 11 is 0. The number of alkyl halides is 3. The van der Waals surface area contributed by atoms with E-state index in [1.165, 1.54) is 13.0 Å². The number of carbonyl (C=O) groups is 3. The van der Waals surface area contributed by atoms with Crippen molar-refractivity contribution in [1.82, 2.24) is 10.2 Å². The lowest BCUT2D eigenvalue weighted by atomic mass is 9.93. The molecule has 11 nitrogen and oxygen atoms in total. The first-order valence-corrected chi connectivity index (χ1v) is 12.7. The van der Waals surface area contributed by atoms with E-state index in [2.05, 4.69) is 5.32 Å². The quantitative estimate of drug-likeness (QED) is 0.564. The van der Waals surface area contributed by atoms with Crippen molar-refractivity contribution in [3.63, 3.8) is 0 Å². The average Bonchev–Trinajstić information content (AvgIpc) is 2.85. The first kappa shape index (κ1) is 28.7. The van der Waals surface area contributed by atoms with Gasteiger partial charge in [0, 0.05) is 12.0 Å². The summed E-state index contributed by atoms with van der Waals surface area (Å²) in [4.78, 5) is 38.9. The van der Waals surface area contributed by atoms with E-state index in [9.17, 15) is 46.5 Å². The molecule has 2 aromatic carbocycles. The average molecular weight is 561 g/mol. The van der Waals surface area contributed by atoms with Crippen molar-refractivity contribution in [2.75, 3.05) is 17.7 Å². The van der Waals surface area contributed by atoms with E-state index in [1.807, 2.05) is 6.07 Å². The Hall–Kier alpha value is -4.89. The minimum Gasteiger partial charge on any atom is -0.368 e. The van der Waals surface area contributed by atoms with Gasteiger partial charge in [-0.3, -0.25) is 9.69 Å². The highest BCUT2D eigenvalue weighted by Crippen LogP contribution is 2.42. The van der Waals surface area contributed by atoms with Crippen molar-refractivity contribution in [1.29, 1.82) is 10.5 Å². The van der Waals surface area contributed by atoms with E-state index in [0.717, 1.165) is 36.6 Å². The highest BCUT2D eigenvalue weighted by atomic mass is 32.2. The molecular formula is C24H19F3N6O5S. The maximum atomic E-state index is 13.8. The number of urea groups is 2. The number of nitrogens with zero attached hydrogens (tertiary/aromatic N) is 4. The highest BCUT2D eigenvalue weighted by molar-refractivity contribution is 7.90. The van der Waals surface area contributed by atoms with Crippen LogP contribution in [0.3, 0.4) is 0 Å². The fraction of sp³-hybridized carbons (Fsp3) is 0.208. The molecule has 0 bridgehead atoms. The van der Waals surface area contributed by atoms with Gasteiger partial charge in [-0.15, -0.1) is 0 Å². The van der Waals surface area contributed by atoms with E-state index >= 15 is 0 Å². The molecule has 1 aliphatic rings. The number of hydrogen-bond acceptors (Lipinski definition) is 7. The van der Waals surface area contributed by atoms with Crippen molar-refractivity contribution in [3.8, 4) is 12.1 Å². The van der Waals surface area contributed by atoms with Crippen LogP contribution in [0.25, 0.3) is 0 Å². The van der Waals surface area contributed by atoms with Crippen LogP contribution in [0.15, 0.2) is 58.6 Å². The zero-order chi connectivity index (χ0) is 29.3. The molecule has 1 heterocycles. The molecule has 0 aromatic heterocycles. The number of hydrogen-bond donors (Lipinski definition) is 2. The third-order valence-corrected chi connectivity index (χ3v) is 6.83. The molecule has 0 saturated carbocycles. The molecule has 15 heteroatoms. The number of amides is 5. The lowest BCUT2D eigenvalue weighted by Gasteiger charge is -2.41. The van der Waals surface area contributed by atoms with Gasteiger partial charge >= 0.3 is 18.2 Å². The number of benzene rings is 2. The van der Waals surface area contributed by atoms with Crippen LogP contribution in [0.1, 0.15) is 29.7 Å². The molecule has 1 unspecified atom stereocenters. The molecule has 0 saturated heterocycles. The molecule has 1 aliphatic heterocycles. The van der Waals surface area contributed by atoms with Gasteiger partial charge in [-0.1, -0.05) is 12.1 Å². The number of nitrogens with one attached hydrogen (secondary N) is 1. The van der Waals surface area contributed by atoms with Crippen molar-refractivity contribution >= 4 is 33.5 Å². The molecule has 0 radical (unpaired) electrons. The summed E-state index contributed by atoms with van der Waals surface area (Å²) in [7, 11) is -4.11. The Morgan fingerprint density at radius 1 is 1.13 bits per heavy atom. The Labute approximate surface area is 220 Å². The van der Waals surface area contributed by atoms with Crippen LogP contribution in [-0.2, 0) is 20.8 Å². The third-order valence-electron chi connectivity index (χ3n) is 5.68. The summed E-state index contributed by atoms with van der Waals surface area (Å²) in [6.07, 6.45) is -3.97. The molecular weight excluding hydrogens is 541 g/mol. The van der Waals surface area contributed by atoms with Crippen LogP contribution < -0.4 is 16.0 Å². The largest absolute Gasteiger partial charge is 0.416 e. The fourth-order valence-corrected chi connectivity index (χ4v) is 4.92. The smallest absolute Gasteiger partial charge is 0.368 e. The Morgan fingerprint density at radius 2 is 1.79 bits per heavy atom. The van der Waals surface area contributed by atoms with Gasteiger partial charge in [0.1, 0.15) is 6.04 Å². The predicted octanol–water partition coefficient (Wildman–Crippen LogP) is 2.96. The van der Waals surface area contributed by atoms with Gasteiger partial charge in [0.05, 0.1) is 46.0 Å². The van der Waals surface area contributed by atoms with Crippen molar-refractivity contribution < 1.29 is 36.0 Å². The maximum absolute atomic E-state index is 13.8. The topological polar surface area (TPSA) is 177 Å². The van der Waals surface area contributed by atoms with Crippen LogP contribution in [-0.4, -0.2) is 44.1 Å². The second kappa shape index (κ2) is 10.5. The summed E-state index contributed by atoms with van der Waals surface area (Å²) in [5.74, 6) is -0.999. The Morgan fingerprint density at radius 3 is 2.33 bits per heavy atom. The minimum atomic E-state index is -4.78. The molecule has 202 valence electrons. The lowest BCUT2D eigenvalue weighted by Crippen LogP contribution is -2.56. The molecule has 0 spiro atoms. The molecule has 5 amide bonds. The van der Waals surface area contributed by atoms with Gasteiger partial charge in [0.15, 0.2) is 9.84 Å². The highest BCUT2D eigenvalue weighted by Gasteiger charge is 2.45. The number of nitrogens with two attached hydrogens (primary N) is 1. The molecule has 0 aliphatic carbocycles. The molecule has 2 aromatic rings. The number of imide groups is 1. The van der Waals surface area contributed by atoms with Crippen LogP contribution >= 0.6 is 0 Å². The molecule has 3 rings (SSSR count). The van der Waals surface area contributed by atoms with Crippen molar-refractivity contribution in [2.45, 2.75) is 24.0 Å². The van der Waals surface area contributed by atoms with Gasteiger partial charge in [0.2, 0.25) is 5.91 Å². The number of sulfone groups is 1. The number of rotatable bonds is 5. The van der Waals surface area contributed by atoms with Crippen LogP contribution in [0.2, 0.25) is 0 Å². The normalized spacial score (nSPS) is 16.0. The number of halogens is 3. The van der Waals surface area contributed by atoms with Gasteiger partial charge in [-0.25, -0.2) is 22.9 Å². The van der Waals surface area contributed by atoms with E-state index in [1.54, 1.807) is 6.07 Å². The standard InChI is InChI=1S/C24H19F3N6O5S/c1-13-18(11-29)21(17-7-6-14(10-28)8-19(17)39(2,37)38)33(22(35)31-12-20(30)34)23(36)32(13)16-5-3-4-15(9-16)24(25,26)27/h3-9,21H,12H2,1-2H3,(H2,30,34)(H,31,35). The number of nitriles is 2. The third kappa shape index (κ3) is 5.68. The number of anilines is 1. The second-order valence-electron chi connectivity index (χ2n) is 8.31. The predicted molar refractivity (Wildman–Crippen MR) is 129 cm³/mol. The summed E-state index contributed by atoms with van der Waals surface area (Å²) in [6.45, 7) is 0.488. The number of allylic oxidation sites excluding steroid dienone is 1. The lowest BCUT2D eigenvalue weighted by molar-refractivity contribution is -0.137. The first-order valence-electron chi connectivity index (χ1n) is 10.8. The first-order chi connectivity index (χ1) is 18.1. The van der Waals surface area contributed by atoms with Gasteiger partial charge in [-0.05, 0) is 42.8 Å². The fourth-order valence-electron chi connectivity index (χ4n) is 3.97. The van der Waals surface area contributed by atoms with Crippen LogP contribution in [0.5, 0.6) is 0 Å². The zero-order valence-electron chi connectivity index (χ0n) is 20.3. The summed E-state index contributed by atoms with van der Waals surface area (Å²) < 4.78 is 65.4. The van der Waals surface area contributed by atoms with Crippen molar-refractivity contribution in [2.24, 2.45) is 5.73 Å². The Kier molecular flexibility index (Phi) is 7.70. The van der Waals surface area contributed by atoms with Crippen molar-refractivity contribution in [3.05, 3.63) is 70.4 Å². The van der Waals surface area contributed by atoms with E-state index in [-0.39, 0.29) is 28.1 Å². The number of carbonyl (C=O) groups excluding carboxylic acids is 3. The molecule has 1 atom stereocenters. The SMILES string of the molecule is CC1=C(C#N)C(c2ccc(C#N)cc2S(C)(=O)=O)N(C(=O)NCC(N)=O)C(=O)N1c1cccc(C(F)(F)F)c1. The molecule has 0 fully saturated rings. The van der Waals surface area contributed by atoms with Gasteiger partial charge in [0.25, 0.3) is 0 Å².